The molecular weight excluding hydrogens is 888 g/mol. The van der Waals surface area contributed by atoms with Crippen LogP contribution < -0.4 is 41.4 Å². The molecule has 72 heavy (non-hydrogen) atoms. The van der Waals surface area contributed by atoms with Crippen molar-refractivity contribution < 1.29 is 4.42 Å². The second kappa shape index (κ2) is 13.8. The van der Waals surface area contributed by atoms with Gasteiger partial charge in [0.15, 0.2) is 8.07 Å². The third-order valence-corrected chi connectivity index (χ3v) is 22.3. The molecule has 5 aliphatic rings. The molecule has 1 aliphatic carbocycles. The highest BCUT2D eigenvalue weighted by molar-refractivity contribution is 7.24. The van der Waals surface area contributed by atoms with Gasteiger partial charge in [0.1, 0.15) is 11.2 Å². The molecule has 0 N–H and O–H groups in total. The second-order valence-electron chi connectivity index (χ2n) is 22.3. The maximum Gasteiger partial charge on any atom is 0.333 e. The lowest BCUT2D eigenvalue weighted by molar-refractivity contribution is 0.590. The molecule has 4 aliphatic heterocycles. The molecule has 340 valence electrons. The van der Waals surface area contributed by atoms with Gasteiger partial charge in [-0.25, -0.2) is 0 Å². The number of hydrogen-bond acceptors (Lipinski definition) is 3. The number of hydrogen-bond donors (Lipinski definition) is 0. The molecule has 16 rings (SSSR count). The summed E-state index contributed by atoms with van der Waals surface area (Å²) in [5, 5.41) is 8.16. The lowest BCUT2D eigenvalue weighted by Crippen LogP contribution is -2.78. The highest BCUT2D eigenvalue weighted by atomic mass is 28.3. The lowest BCUT2D eigenvalue weighted by Gasteiger charge is -2.52. The summed E-state index contributed by atoms with van der Waals surface area (Å²) in [7, 11) is -2.90. The van der Waals surface area contributed by atoms with Crippen LogP contribution in [0.4, 0.5) is 28.4 Å². The normalized spacial score (nSPS) is 15.4. The fourth-order valence-electron chi connectivity index (χ4n) is 14.5. The third kappa shape index (κ3) is 4.88. The maximum atomic E-state index is 6.91. The van der Waals surface area contributed by atoms with E-state index in [1.54, 1.807) is 0 Å². The van der Waals surface area contributed by atoms with Crippen molar-refractivity contribution in [3.8, 4) is 44.5 Å². The second-order valence-corrected chi connectivity index (χ2v) is 25.9. The van der Waals surface area contributed by atoms with Crippen molar-refractivity contribution in [1.82, 2.24) is 0 Å². The molecule has 0 saturated carbocycles. The van der Waals surface area contributed by atoms with Gasteiger partial charge >= 0.3 is 6.85 Å². The van der Waals surface area contributed by atoms with Crippen LogP contribution in [0.15, 0.2) is 211 Å². The molecule has 3 nitrogen and oxygen atoms in total. The van der Waals surface area contributed by atoms with Crippen LogP contribution in [-0.4, -0.2) is 14.9 Å². The first kappa shape index (κ1) is 40.6. The van der Waals surface area contributed by atoms with Crippen LogP contribution in [0.1, 0.15) is 51.3 Å². The van der Waals surface area contributed by atoms with Crippen molar-refractivity contribution in [1.29, 1.82) is 0 Å². The number of nitrogens with zero attached hydrogens (tertiary/aromatic N) is 2. The third-order valence-electron chi connectivity index (χ3n) is 17.4. The van der Waals surface area contributed by atoms with Gasteiger partial charge in [-0.1, -0.05) is 204 Å². The van der Waals surface area contributed by atoms with E-state index < -0.39 is 8.07 Å². The highest BCUT2D eigenvalue weighted by Crippen LogP contribution is 2.59. The zero-order chi connectivity index (χ0) is 48.0. The van der Waals surface area contributed by atoms with E-state index in [4.69, 9.17) is 4.42 Å². The van der Waals surface area contributed by atoms with Crippen LogP contribution >= 0.6 is 0 Å². The maximum absolute atomic E-state index is 6.91. The van der Waals surface area contributed by atoms with Gasteiger partial charge in [-0.15, -0.1) is 0 Å². The van der Waals surface area contributed by atoms with Crippen molar-refractivity contribution in [2.24, 2.45) is 0 Å². The summed E-state index contributed by atoms with van der Waals surface area (Å²) in [5.74, 6) is 0. The SMILES string of the molecule is CC(C)(C)c1ccc(N2c3cc4c(c5c3B(c3ccc6oc7ccccc7c6c32)N2c3ccccc3[Si]3(c6ccccc6-c6ccccc63)c3cccc-5c32)C(C)(C)c2ccccc2-4)c(-c2ccccc2)c1. The minimum absolute atomic E-state index is 0.0624. The van der Waals surface area contributed by atoms with E-state index in [1.807, 2.05) is 0 Å². The topological polar surface area (TPSA) is 19.6 Å². The number of furan rings is 1. The molecule has 0 unspecified atom stereocenters. The molecule has 0 atom stereocenters. The Hall–Kier alpha value is -8.12. The van der Waals surface area contributed by atoms with Crippen molar-refractivity contribution in [3.63, 3.8) is 0 Å². The Morgan fingerprint density at radius 2 is 1.14 bits per heavy atom. The fraction of sp³-hybridized carbons (Fsp3) is 0.104. The average molecular weight is 937 g/mol. The van der Waals surface area contributed by atoms with E-state index in [0.29, 0.717) is 0 Å². The van der Waals surface area contributed by atoms with Crippen molar-refractivity contribution >= 4 is 97.0 Å². The van der Waals surface area contributed by atoms with Crippen LogP contribution in [0.5, 0.6) is 0 Å². The molecule has 10 aromatic carbocycles. The van der Waals surface area contributed by atoms with E-state index in [0.717, 1.165) is 27.6 Å². The van der Waals surface area contributed by atoms with Gasteiger partial charge in [-0.05, 0) is 124 Å². The highest BCUT2D eigenvalue weighted by Gasteiger charge is 2.59. The smallest absolute Gasteiger partial charge is 0.333 e. The number of para-hydroxylation sites is 3. The molecule has 5 heterocycles. The van der Waals surface area contributed by atoms with Crippen LogP contribution in [0, 0.1) is 0 Å². The minimum atomic E-state index is -2.90. The molecule has 1 aromatic heterocycles. The summed E-state index contributed by atoms with van der Waals surface area (Å²) in [4.78, 5) is 5.47. The summed E-state index contributed by atoms with van der Waals surface area (Å²) in [6, 6.07) is 79.1. The molecular formula is C67H49BN2OSi. The zero-order valence-electron chi connectivity index (χ0n) is 41.0. The van der Waals surface area contributed by atoms with Crippen LogP contribution in [0.25, 0.3) is 66.4 Å². The summed E-state index contributed by atoms with van der Waals surface area (Å²) >= 11 is 0. The fourth-order valence-corrected chi connectivity index (χ4v) is 20.0. The van der Waals surface area contributed by atoms with Gasteiger partial charge in [-0.3, -0.25) is 0 Å². The van der Waals surface area contributed by atoms with Crippen molar-refractivity contribution in [2.45, 2.75) is 45.4 Å². The van der Waals surface area contributed by atoms with E-state index in [9.17, 15) is 0 Å². The number of fused-ring (bicyclic) bond motifs is 21. The molecule has 0 bridgehead atoms. The first-order valence-electron chi connectivity index (χ1n) is 25.6. The summed E-state index contributed by atoms with van der Waals surface area (Å²) in [6.07, 6.45) is 0. The van der Waals surface area contributed by atoms with E-state index in [-0.39, 0.29) is 17.7 Å². The monoisotopic (exact) mass is 936 g/mol. The molecule has 1 spiro atoms. The van der Waals surface area contributed by atoms with Gasteiger partial charge in [0.2, 0.25) is 0 Å². The Balaban J connectivity index is 1.12. The van der Waals surface area contributed by atoms with E-state index in [2.05, 4.69) is 251 Å². The Labute approximate surface area is 421 Å². The zero-order valence-corrected chi connectivity index (χ0v) is 42.0. The summed E-state index contributed by atoms with van der Waals surface area (Å²) in [5.41, 5.74) is 24.9. The van der Waals surface area contributed by atoms with Gasteiger partial charge in [0.05, 0.1) is 16.8 Å². The summed E-state index contributed by atoms with van der Waals surface area (Å²) in [6.45, 7) is 11.7. The average Bonchev–Trinajstić information content (AvgIpc) is 4.03. The largest absolute Gasteiger partial charge is 0.456 e. The van der Waals surface area contributed by atoms with Gasteiger partial charge < -0.3 is 14.1 Å². The van der Waals surface area contributed by atoms with Crippen LogP contribution in [0.2, 0.25) is 0 Å². The van der Waals surface area contributed by atoms with Crippen LogP contribution in [0.3, 0.4) is 0 Å². The van der Waals surface area contributed by atoms with Gasteiger partial charge in [0.25, 0.3) is 0 Å². The number of anilines is 5. The van der Waals surface area contributed by atoms with Crippen molar-refractivity contribution in [2.75, 3.05) is 9.71 Å². The minimum Gasteiger partial charge on any atom is -0.456 e. The molecule has 0 radical (unpaired) electrons. The first-order chi connectivity index (χ1) is 35.2. The molecule has 0 amide bonds. The molecule has 11 aromatic rings. The quantitative estimate of drug-likeness (QED) is 0.161. The van der Waals surface area contributed by atoms with E-state index >= 15 is 0 Å². The lowest BCUT2D eigenvalue weighted by atomic mass is 9.42. The predicted molar refractivity (Wildman–Crippen MR) is 305 cm³/mol. The molecule has 5 heteroatoms. The van der Waals surface area contributed by atoms with E-state index in [1.165, 1.54) is 116 Å². The Bertz CT molecular complexity index is 4170. The van der Waals surface area contributed by atoms with Crippen molar-refractivity contribution in [3.05, 3.63) is 223 Å². The first-order valence-corrected chi connectivity index (χ1v) is 27.6. The predicted octanol–water partition coefficient (Wildman–Crippen LogP) is 13.2. The molecule has 0 saturated heterocycles. The molecule has 0 fully saturated rings. The Morgan fingerprint density at radius 1 is 0.486 bits per heavy atom. The number of benzene rings is 10. The standard InChI is InChI=1S/C67H49BN2OSi/c1-66(2,3)41-34-36-51(47(38-41)40-20-7-6-8-21-40)69-53-39-48-42-22-9-13-27-49(42)67(4,5)62(48)61-46-26-19-33-59-64(46)70(68(63(53)61)50-35-37-55-60(65(50)69)45-25-10-15-29-54(45)71-55)52-28-14-18-32-58(52)72(59)56-30-16-11-23-43(56)44-24-12-17-31-57(44)72/h6-39H,1-5H3. The summed E-state index contributed by atoms with van der Waals surface area (Å²) < 4.78 is 6.91. The number of rotatable bonds is 2. The Morgan fingerprint density at radius 3 is 1.92 bits per heavy atom. The van der Waals surface area contributed by atoms with Gasteiger partial charge in [-0.2, -0.15) is 0 Å². The van der Waals surface area contributed by atoms with Crippen LogP contribution in [-0.2, 0) is 10.8 Å². The van der Waals surface area contributed by atoms with Gasteiger partial charge in [0, 0.05) is 39.0 Å². The Kier molecular flexibility index (Phi) is 7.81.